The molecule has 0 radical (unpaired) electrons. The number of ether oxygens (including phenoxy) is 2. The minimum absolute atomic E-state index is 0.116. The van der Waals surface area contributed by atoms with Crippen LogP contribution in [0, 0.1) is 6.92 Å². The minimum atomic E-state index is -1.40. The molecule has 0 aliphatic rings. The third-order valence-corrected chi connectivity index (χ3v) is 5.93. The van der Waals surface area contributed by atoms with E-state index in [1.54, 1.807) is 24.0 Å². The molecule has 0 saturated carbocycles. The molecule has 0 saturated heterocycles. The number of hydrogen-bond acceptors (Lipinski definition) is 4. The normalized spacial score (nSPS) is 12.3. The van der Waals surface area contributed by atoms with Crippen LogP contribution in [0.3, 0.4) is 0 Å². The lowest BCUT2D eigenvalue weighted by atomic mass is 9.96. The average Bonchev–Trinajstić information content (AvgIpc) is 2.88. The lowest BCUT2D eigenvalue weighted by Crippen LogP contribution is -2.43. The van der Waals surface area contributed by atoms with Crippen molar-refractivity contribution in [2.45, 2.75) is 45.6 Å². The Labute approximate surface area is 219 Å². The number of hydrogen-bond donors (Lipinski definition) is 2. The number of anilines is 1. The van der Waals surface area contributed by atoms with Crippen LogP contribution in [0.2, 0.25) is 0 Å². The van der Waals surface area contributed by atoms with Gasteiger partial charge >= 0.3 is 12.0 Å². The lowest BCUT2D eigenvalue weighted by Gasteiger charge is -2.26. The van der Waals surface area contributed by atoms with Crippen molar-refractivity contribution in [1.82, 2.24) is 4.90 Å². The molecule has 0 aliphatic carbocycles. The van der Waals surface area contributed by atoms with Crippen LogP contribution in [0.15, 0.2) is 78.9 Å². The summed E-state index contributed by atoms with van der Waals surface area (Å²) in [5, 5.41) is 12.7. The Morgan fingerprint density at radius 2 is 1.59 bits per heavy atom. The maximum atomic E-state index is 12.7. The van der Waals surface area contributed by atoms with E-state index in [4.69, 9.17) is 9.47 Å². The molecule has 0 fully saturated rings. The van der Waals surface area contributed by atoms with E-state index in [0.717, 1.165) is 23.2 Å². The summed E-state index contributed by atoms with van der Waals surface area (Å²) in [6.07, 6.45) is 1.76. The predicted molar refractivity (Wildman–Crippen MR) is 145 cm³/mol. The van der Waals surface area contributed by atoms with E-state index < -0.39 is 11.6 Å². The van der Waals surface area contributed by atoms with Crippen LogP contribution in [-0.4, -0.2) is 47.3 Å². The molecule has 0 aliphatic heterocycles. The van der Waals surface area contributed by atoms with Gasteiger partial charge < -0.3 is 24.8 Å². The van der Waals surface area contributed by atoms with E-state index in [0.29, 0.717) is 37.6 Å². The largest absolute Gasteiger partial charge is 0.494 e. The van der Waals surface area contributed by atoms with Gasteiger partial charge in [-0.25, -0.2) is 9.59 Å². The molecule has 196 valence electrons. The van der Waals surface area contributed by atoms with Gasteiger partial charge in [-0.2, -0.15) is 0 Å². The van der Waals surface area contributed by atoms with Crippen molar-refractivity contribution in [2.75, 3.05) is 25.0 Å². The molecule has 7 nitrogen and oxygen atoms in total. The van der Waals surface area contributed by atoms with Gasteiger partial charge in [0.2, 0.25) is 5.60 Å². The van der Waals surface area contributed by atoms with Crippen molar-refractivity contribution >= 4 is 17.7 Å². The monoisotopic (exact) mass is 504 g/mol. The Morgan fingerprint density at radius 3 is 2.22 bits per heavy atom. The van der Waals surface area contributed by atoms with Gasteiger partial charge in [-0.3, -0.25) is 0 Å². The Balaban J connectivity index is 1.48. The number of urea groups is 1. The first kappa shape index (κ1) is 27.6. The molecule has 0 aromatic heterocycles. The minimum Gasteiger partial charge on any atom is -0.494 e. The van der Waals surface area contributed by atoms with Crippen molar-refractivity contribution in [3.8, 4) is 11.5 Å². The Morgan fingerprint density at radius 1 is 0.919 bits per heavy atom. The Hall–Kier alpha value is -4.00. The summed E-state index contributed by atoms with van der Waals surface area (Å²) in [6, 6.07) is 23.9. The van der Waals surface area contributed by atoms with E-state index in [2.05, 4.69) is 5.32 Å². The van der Waals surface area contributed by atoms with Crippen LogP contribution in [0.1, 0.15) is 37.8 Å². The number of carboxylic acids is 1. The number of nitrogens with zero attached hydrogens (tertiary/aromatic N) is 1. The van der Waals surface area contributed by atoms with Crippen LogP contribution in [0.5, 0.6) is 11.5 Å². The topological polar surface area (TPSA) is 88.1 Å². The van der Waals surface area contributed by atoms with E-state index >= 15 is 0 Å². The highest BCUT2D eigenvalue weighted by Crippen LogP contribution is 2.24. The zero-order valence-corrected chi connectivity index (χ0v) is 21.8. The molecule has 3 rings (SSSR count). The number of carboxylic acid groups (broad SMARTS) is 1. The third kappa shape index (κ3) is 8.56. The van der Waals surface area contributed by atoms with Crippen molar-refractivity contribution in [1.29, 1.82) is 0 Å². The SMILES string of the molecule is CCCN(CCCOc1ccc(C[C@](C)(Oc2ccccc2)C(=O)O)cc1)C(=O)Nc1ccc(C)cc1. The number of carbonyl (C=O) groups excluding carboxylic acids is 1. The van der Waals surface area contributed by atoms with Gasteiger partial charge in [0, 0.05) is 25.2 Å². The first-order valence-corrected chi connectivity index (χ1v) is 12.6. The number of para-hydroxylation sites is 1. The summed E-state index contributed by atoms with van der Waals surface area (Å²) < 4.78 is 11.7. The average molecular weight is 505 g/mol. The highest BCUT2D eigenvalue weighted by atomic mass is 16.5. The third-order valence-electron chi connectivity index (χ3n) is 5.93. The molecule has 7 heteroatoms. The zero-order valence-electron chi connectivity index (χ0n) is 21.8. The van der Waals surface area contributed by atoms with Crippen LogP contribution in [0.25, 0.3) is 0 Å². The van der Waals surface area contributed by atoms with Crippen LogP contribution in [-0.2, 0) is 11.2 Å². The molecular weight excluding hydrogens is 468 g/mol. The molecule has 3 aromatic rings. The fraction of sp³-hybridized carbons (Fsp3) is 0.333. The van der Waals surface area contributed by atoms with Gasteiger partial charge in [0.05, 0.1) is 6.61 Å². The summed E-state index contributed by atoms with van der Waals surface area (Å²) in [6.45, 7) is 7.34. The molecule has 0 heterocycles. The van der Waals surface area contributed by atoms with Gasteiger partial charge in [-0.05, 0) is 68.7 Å². The number of aliphatic carboxylic acids is 1. The van der Waals surface area contributed by atoms with Crippen molar-refractivity contribution in [2.24, 2.45) is 0 Å². The van der Waals surface area contributed by atoms with Crippen LogP contribution >= 0.6 is 0 Å². The van der Waals surface area contributed by atoms with Gasteiger partial charge in [0.25, 0.3) is 0 Å². The van der Waals surface area contributed by atoms with Crippen LogP contribution < -0.4 is 14.8 Å². The van der Waals surface area contributed by atoms with E-state index in [9.17, 15) is 14.7 Å². The quantitative estimate of drug-likeness (QED) is 0.272. The molecule has 0 unspecified atom stereocenters. The predicted octanol–water partition coefficient (Wildman–Crippen LogP) is 6.17. The molecule has 2 amide bonds. The highest BCUT2D eigenvalue weighted by molar-refractivity contribution is 5.89. The van der Waals surface area contributed by atoms with Gasteiger partial charge in [0.1, 0.15) is 11.5 Å². The molecule has 2 N–H and O–H groups in total. The number of benzene rings is 3. The van der Waals surface area contributed by atoms with Crippen LogP contribution in [0.4, 0.5) is 10.5 Å². The molecule has 0 spiro atoms. The summed E-state index contributed by atoms with van der Waals surface area (Å²) in [7, 11) is 0. The molecule has 37 heavy (non-hydrogen) atoms. The molecular formula is C30H36N2O5. The smallest absolute Gasteiger partial charge is 0.348 e. The second kappa shape index (κ2) is 13.3. The van der Waals surface area contributed by atoms with E-state index in [-0.39, 0.29) is 12.5 Å². The Kier molecular flexibility index (Phi) is 9.95. The summed E-state index contributed by atoms with van der Waals surface area (Å²) >= 11 is 0. The summed E-state index contributed by atoms with van der Waals surface area (Å²) in [4.78, 5) is 26.4. The van der Waals surface area contributed by atoms with Gasteiger partial charge in [-0.15, -0.1) is 0 Å². The summed E-state index contributed by atoms with van der Waals surface area (Å²) in [5.41, 5.74) is 1.35. The maximum absolute atomic E-state index is 12.7. The van der Waals surface area contributed by atoms with E-state index in [1.165, 1.54) is 0 Å². The first-order valence-electron chi connectivity index (χ1n) is 12.6. The standard InChI is InChI=1S/C30H36N2O5/c1-4-19-32(29(35)31-25-15-11-23(2)12-16-25)20-8-21-36-26-17-13-24(14-18-26)22-30(3,28(33)34)37-27-9-6-5-7-10-27/h5-7,9-18H,4,8,19-22H2,1-3H3,(H,31,35)(H,33,34)/t30-/m0/s1. The maximum Gasteiger partial charge on any atom is 0.348 e. The second-order valence-electron chi connectivity index (χ2n) is 9.26. The van der Waals surface area contributed by atoms with Crippen molar-refractivity contribution in [3.05, 3.63) is 90.0 Å². The Bertz CT molecular complexity index is 1130. The summed E-state index contributed by atoms with van der Waals surface area (Å²) in [5.74, 6) is 0.174. The second-order valence-corrected chi connectivity index (χ2v) is 9.26. The van der Waals surface area contributed by atoms with Gasteiger partial charge in [0.15, 0.2) is 0 Å². The fourth-order valence-electron chi connectivity index (χ4n) is 3.87. The van der Waals surface area contributed by atoms with Crippen molar-refractivity contribution in [3.63, 3.8) is 0 Å². The number of carbonyl (C=O) groups is 2. The number of nitrogens with one attached hydrogen (secondary N) is 1. The lowest BCUT2D eigenvalue weighted by molar-refractivity contribution is -0.153. The molecule has 1 atom stereocenters. The van der Waals surface area contributed by atoms with E-state index in [1.807, 2.05) is 80.6 Å². The zero-order chi connectivity index (χ0) is 26.7. The number of aryl methyl sites for hydroxylation is 1. The number of amides is 2. The number of rotatable bonds is 13. The van der Waals surface area contributed by atoms with Crippen molar-refractivity contribution < 1.29 is 24.2 Å². The molecule has 0 bridgehead atoms. The highest BCUT2D eigenvalue weighted by Gasteiger charge is 2.36. The molecule has 3 aromatic carbocycles. The fourth-order valence-corrected chi connectivity index (χ4v) is 3.87. The first-order chi connectivity index (χ1) is 17.8. The van der Waals surface area contributed by atoms with Gasteiger partial charge in [-0.1, -0.05) is 55.0 Å².